The van der Waals surface area contributed by atoms with Gasteiger partial charge in [0.05, 0.1) is 6.10 Å². The Morgan fingerprint density at radius 3 is 2.00 bits per heavy atom. The third-order valence-electron chi connectivity index (χ3n) is 2.63. The Morgan fingerprint density at radius 2 is 1.67 bits per heavy atom. The minimum atomic E-state index is -1.55. The molecule has 0 aliphatic heterocycles. The Hall–Kier alpha value is -0.160. The smallest absolute Gasteiger partial charge is 0.167 e. The molecule has 4 heteroatoms. The summed E-state index contributed by atoms with van der Waals surface area (Å²) in [5, 5.41) is 27.5. The summed E-state index contributed by atoms with van der Waals surface area (Å²) in [5.41, 5.74) is 0. The van der Waals surface area contributed by atoms with Gasteiger partial charge in [0.1, 0.15) is 0 Å². The molecule has 2 fully saturated rings. The van der Waals surface area contributed by atoms with Gasteiger partial charge in [0.25, 0.3) is 0 Å². The maximum absolute atomic E-state index is 9.53. The van der Waals surface area contributed by atoms with Crippen LogP contribution in [0.3, 0.4) is 0 Å². The highest BCUT2D eigenvalue weighted by Gasteiger charge is 2.47. The Kier molecular flexibility index (Phi) is 1.70. The normalized spacial score (nSPS) is 32.2. The van der Waals surface area contributed by atoms with Gasteiger partial charge >= 0.3 is 0 Å². The van der Waals surface area contributed by atoms with Gasteiger partial charge in [0.2, 0.25) is 0 Å². The lowest BCUT2D eigenvalue weighted by molar-refractivity contribution is -0.334. The first kappa shape index (κ1) is 8.44. The van der Waals surface area contributed by atoms with E-state index in [0.29, 0.717) is 12.8 Å². The number of aliphatic hydroxyl groups is 3. The molecular weight excluding hydrogens is 160 g/mol. The third-order valence-corrected chi connectivity index (χ3v) is 2.63. The zero-order chi connectivity index (χ0) is 8.82. The molecule has 0 aromatic heterocycles. The predicted molar refractivity (Wildman–Crippen MR) is 40.1 cm³/mol. The number of hydrogen-bond donors (Lipinski definition) is 3. The zero-order valence-electron chi connectivity index (χ0n) is 6.86. The van der Waals surface area contributed by atoms with Crippen LogP contribution in [-0.2, 0) is 4.74 Å². The Morgan fingerprint density at radius 1 is 1.08 bits per heavy atom. The molecule has 12 heavy (non-hydrogen) atoms. The SMILES string of the molecule is OC1(O)CC(OC2(O)CCC2)C1. The van der Waals surface area contributed by atoms with Crippen LogP contribution in [0.2, 0.25) is 0 Å². The monoisotopic (exact) mass is 174 g/mol. The number of rotatable bonds is 2. The molecule has 0 bridgehead atoms. The molecule has 0 saturated heterocycles. The molecule has 70 valence electrons. The van der Waals surface area contributed by atoms with Crippen molar-refractivity contribution in [3.63, 3.8) is 0 Å². The minimum absolute atomic E-state index is 0.176. The average molecular weight is 174 g/mol. The van der Waals surface area contributed by atoms with Crippen LogP contribution in [0, 0.1) is 0 Å². The first-order chi connectivity index (χ1) is 5.49. The highest BCUT2D eigenvalue weighted by molar-refractivity contribution is 4.89. The molecular formula is C8H14O4. The second-order valence-electron chi connectivity index (χ2n) is 3.93. The van der Waals surface area contributed by atoms with Crippen LogP contribution < -0.4 is 0 Å². The van der Waals surface area contributed by atoms with Crippen molar-refractivity contribution in [2.75, 3.05) is 0 Å². The maximum Gasteiger partial charge on any atom is 0.167 e. The predicted octanol–water partition coefficient (Wildman–Crippen LogP) is -0.281. The van der Waals surface area contributed by atoms with E-state index in [9.17, 15) is 5.11 Å². The lowest BCUT2D eigenvalue weighted by atomic mass is 9.85. The lowest BCUT2D eigenvalue weighted by Crippen LogP contribution is -2.53. The molecule has 0 radical (unpaired) electrons. The van der Waals surface area contributed by atoms with Crippen LogP contribution in [0.5, 0.6) is 0 Å². The van der Waals surface area contributed by atoms with Gasteiger partial charge in [0, 0.05) is 25.7 Å². The third kappa shape index (κ3) is 1.47. The van der Waals surface area contributed by atoms with E-state index in [-0.39, 0.29) is 18.9 Å². The molecule has 3 N–H and O–H groups in total. The quantitative estimate of drug-likeness (QED) is 0.503. The van der Waals surface area contributed by atoms with E-state index in [4.69, 9.17) is 14.9 Å². The molecule has 0 spiro atoms. The van der Waals surface area contributed by atoms with Crippen molar-refractivity contribution < 1.29 is 20.1 Å². The Bertz CT molecular complexity index is 177. The molecule has 4 nitrogen and oxygen atoms in total. The van der Waals surface area contributed by atoms with Gasteiger partial charge < -0.3 is 20.1 Å². The topological polar surface area (TPSA) is 69.9 Å². The van der Waals surface area contributed by atoms with Crippen LogP contribution >= 0.6 is 0 Å². The summed E-state index contributed by atoms with van der Waals surface area (Å²) in [6.45, 7) is 0. The minimum Gasteiger partial charge on any atom is -0.365 e. The van der Waals surface area contributed by atoms with Crippen molar-refractivity contribution in [1.29, 1.82) is 0 Å². The van der Waals surface area contributed by atoms with Gasteiger partial charge in [-0.2, -0.15) is 0 Å². The van der Waals surface area contributed by atoms with E-state index >= 15 is 0 Å². The molecule has 0 unspecified atom stereocenters. The van der Waals surface area contributed by atoms with E-state index in [1.807, 2.05) is 0 Å². The highest BCUT2D eigenvalue weighted by Crippen LogP contribution is 2.40. The standard InChI is InChI=1S/C8H14O4/c9-7(10)4-6(5-7)12-8(11)2-1-3-8/h6,9-11H,1-5H2. The van der Waals surface area contributed by atoms with Crippen molar-refractivity contribution in [1.82, 2.24) is 0 Å². The fourth-order valence-electron chi connectivity index (χ4n) is 1.66. The van der Waals surface area contributed by atoms with E-state index in [1.54, 1.807) is 0 Å². The molecule has 2 aliphatic rings. The fraction of sp³-hybridized carbons (Fsp3) is 1.00. The molecule has 0 heterocycles. The van der Waals surface area contributed by atoms with Gasteiger partial charge in [-0.25, -0.2) is 0 Å². The van der Waals surface area contributed by atoms with Crippen LogP contribution in [0.15, 0.2) is 0 Å². The van der Waals surface area contributed by atoms with E-state index in [1.165, 1.54) is 0 Å². The first-order valence-corrected chi connectivity index (χ1v) is 4.34. The van der Waals surface area contributed by atoms with E-state index in [2.05, 4.69) is 0 Å². The fourth-order valence-corrected chi connectivity index (χ4v) is 1.66. The summed E-state index contributed by atoms with van der Waals surface area (Å²) in [6.07, 6.45) is 2.60. The van der Waals surface area contributed by atoms with Gasteiger partial charge in [-0.15, -0.1) is 0 Å². The number of ether oxygens (including phenoxy) is 1. The first-order valence-electron chi connectivity index (χ1n) is 4.34. The van der Waals surface area contributed by atoms with Crippen LogP contribution in [0.25, 0.3) is 0 Å². The van der Waals surface area contributed by atoms with E-state index in [0.717, 1.165) is 6.42 Å². The molecule has 0 amide bonds. The molecule has 2 aliphatic carbocycles. The van der Waals surface area contributed by atoms with E-state index < -0.39 is 11.6 Å². The average Bonchev–Trinajstić information content (AvgIpc) is 1.80. The van der Waals surface area contributed by atoms with Crippen molar-refractivity contribution in [3.05, 3.63) is 0 Å². The molecule has 0 aromatic rings. The van der Waals surface area contributed by atoms with Gasteiger partial charge in [-0.1, -0.05) is 0 Å². The Balaban J connectivity index is 1.76. The van der Waals surface area contributed by atoms with Crippen molar-refractivity contribution in [2.24, 2.45) is 0 Å². The molecule has 2 rings (SSSR count). The maximum atomic E-state index is 9.53. The van der Waals surface area contributed by atoms with Gasteiger partial charge in [-0.3, -0.25) is 0 Å². The summed E-state index contributed by atoms with van der Waals surface area (Å²) >= 11 is 0. The number of hydrogen-bond acceptors (Lipinski definition) is 4. The molecule has 2 saturated carbocycles. The Labute approximate surface area is 70.8 Å². The van der Waals surface area contributed by atoms with Crippen LogP contribution in [-0.4, -0.2) is 33.0 Å². The largest absolute Gasteiger partial charge is 0.365 e. The molecule has 0 aromatic carbocycles. The second-order valence-corrected chi connectivity index (χ2v) is 3.93. The summed E-state index contributed by atoms with van der Waals surface area (Å²) in [6, 6.07) is 0. The summed E-state index contributed by atoms with van der Waals surface area (Å²) in [7, 11) is 0. The van der Waals surface area contributed by atoms with Crippen molar-refractivity contribution >= 4 is 0 Å². The highest BCUT2D eigenvalue weighted by atomic mass is 16.6. The van der Waals surface area contributed by atoms with Crippen molar-refractivity contribution in [2.45, 2.75) is 49.8 Å². The summed E-state index contributed by atoms with van der Waals surface area (Å²) < 4.78 is 5.28. The second kappa shape index (κ2) is 2.42. The van der Waals surface area contributed by atoms with Crippen LogP contribution in [0.4, 0.5) is 0 Å². The van der Waals surface area contributed by atoms with Crippen LogP contribution in [0.1, 0.15) is 32.1 Å². The summed E-state index contributed by atoms with van der Waals surface area (Å²) in [4.78, 5) is 0. The van der Waals surface area contributed by atoms with Gasteiger partial charge in [-0.05, 0) is 6.42 Å². The van der Waals surface area contributed by atoms with Gasteiger partial charge in [0.15, 0.2) is 11.6 Å². The lowest BCUT2D eigenvalue weighted by Gasteiger charge is -2.46. The zero-order valence-corrected chi connectivity index (χ0v) is 6.86. The summed E-state index contributed by atoms with van der Waals surface area (Å²) in [5.74, 6) is -2.51. The van der Waals surface area contributed by atoms with Crippen molar-refractivity contribution in [3.8, 4) is 0 Å². The molecule has 0 atom stereocenters.